The predicted molar refractivity (Wildman–Crippen MR) is 72.3 cm³/mol. The Balaban J connectivity index is 2.29. The van der Waals surface area contributed by atoms with Gasteiger partial charge in [0.2, 0.25) is 0 Å². The van der Waals surface area contributed by atoms with Crippen LogP contribution in [0.2, 0.25) is 0 Å². The molecule has 1 heterocycles. The molecule has 3 heteroatoms. The summed E-state index contributed by atoms with van der Waals surface area (Å²) < 4.78 is 0. The number of hydrogen-bond donors (Lipinski definition) is 1. The third kappa shape index (κ3) is 2.70. The maximum Gasteiger partial charge on any atom is 0.0923 e. The summed E-state index contributed by atoms with van der Waals surface area (Å²) in [4.78, 5) is 0. The van der Waals surface area contributed by atoms with Crippen LogP contribution in [-0.2, 0) is 11.3 Å². The van der Waals surface area contributed by atoms with Crippen molar-refractivity contribution in [1.29, 1.82) is 0 Å². The van der Waals surface area contributed by atoms with Crippen molar-refractivity contribution in [2.45, 2.75) is 32.1 Å². The molecule has 90 valence electrons. The normalized spacial score (nSPS) is 11.8. The second kappa shape index (κ2) is 4.53. The number of halogens is 1. The molecule has 0 aliphatic rings. The highest BCUT2D eigenvalue weighted by Gasteiger charge is 2.13. The Morgan fingerprint density at radius 3 is 2.29 bits per heavy atom. The van der Waals surface area contributed by atoms with Gasteiger partial charge in [0.05, 0.1) is 17.3 Å². The van der Waals surface area contributed by atoms with E-state index >= 15 is 0 Å². The van der Waals surface area contributed by atoms with Gasteiger partial charge in [0, 0.05) is 5.56 Å². The van der Waals surface area contributed by atoms with Crippen LogP contribution >= 0.6 is 11.6 Å². The molecule has 2 rings (SSSR count). The van der Waals surface area contributed by atoms with Crippen LogP contribution in [-0.4, -0.2) is 10.2 Å². The zero-order valence-electron chi connectivity index (χ0n) is 10.4. The van der Waals surface area contributed by atoms with Gasteiger partial charge < -0.3 is 0 Å². The Hall–Kier alpha value is -1.28. The summed E-state index contributed by atoms with van der Waals surface area (Å²) in [6.07, 6.45) is 0. The average molecular weight is 249 g/mol. The molecular weight excluding hydrogens is 232 g/mol. The fourth-order valence-corrected chi connectivity index (χ4v) is 1.86. The summed E-state index contributed by atoms with van der Waals surface area (Å²) in [6, 6.07) is 10.5. The van der Waals surface area contributed by atoms with E-state index in [4.69, 9.17) is 11.6 Å². The first-order valence-corrected chi connectivity index (χ1v) is 6.25. The Labute approximate surface area is 107 Å². The standard InChI is InChI=1S/C14H17ClN2/c1-14(2,3)11-6-4-10(5-7-11)13-8-12(9-15)16-17-13/h4-8H,9H2,1-3H3,(H,16,17). The molecule has 17 heavy (non-hydrogen) atoms. The van der Waals surface area contributed by atoms with Crippen LogP contribution < -0.4 is 0 Å². The lowest BCUT2D eigenvalue weighted by Gasteiger charge is -2.18. The number of nitrogens with zero attached hydrogens (tertiary/aromatic N) is 1. The largest absolute Gasteiger partial charge is 0.281 e. The number of benzene rings is 1. The zero-order valence-corrected chi connectivity index (χ0v) is 11.2. The molecule has 1 aromatic heterocycles. The lowest BCUT2D eigenvalue weighted by Crippen LogP contribution is -2.10. The molecule has 0 aliphatic heterocycles. The van der Waals surface area contributed by atoms with E-state index in [1.54, 1.807) is 0 Å². The molecule has 0 bridgehead atoms. The summed E-state index contributed by atoms with van der Waals surface area (Å²) in [6.45, 7) is 6.63. The van der Waals surface area contributed by atoms with Crippen molar-refractivity contribution >= 4 is 11.6 Å². The summed E-state index contributed by atoms with van der Waals surface area (Å²) >= 11 is 5.74. The molecule has 0 spiro atoms. The molecule has 2 aromatic rings. The molecule has 0 aliphatic carbocycles. The van der Waals surface area contributed by atoms with Crippen LogP contribution in [0.4, 0.5) is 0 Å². The van der Waals surface area contributed by atoms with Crippen molar-refractivity contribution in [2.24, 2.45) is 0 Å². The minimum atomic E-state index is 0.186. The van der Waals surface area contributed by atoms with Crippen LogP contribution in [0.15, 0.2) is 30.3 Å². The molecule has 2 nitrogen and oxygen atoms in total. The number of hydrogen-bond acceptors (Lipinski definition) is 1. The minimum absolute atomic E-state index is 0.186. The lowest BCUT2D eigenvalue weighted by atomic mass is 9.86. The molecule has 0 saturated heterocycles. The van der Waals surface area contributed by atoms with Crippen LogP contribution in [0.1, 0.15) is 32.0 Å². The maximum atomic E-state index is 5.74. The van der Waals surface area contributed by atoms with Gasteiger partial charge in [-0.1, -0.05) is 45.0 Å². The van der Waals surface area contributed by atoms with Crippen LogP contribution in [0.25, 0.3) is 11.3 Å². The van der Waals surface area contributed by atoms with Crippen LogP contribution in [0, 0.1) is 0 Å². The first-order chi connectivity index (χ1) is 8.00. The van der Waals surface area contributed by atoms with Gasteiger partial charge in [0.15, 0.2) is 0 Å². The van der Waals surface area contributed by atoms with E-state index in [0.717, 1.165) is 17.0 Å². The fourth-order valence-electron chi connectivity index (χ4n) is 1.72. The second-order valence-corrected chi connectivity index (χ2v) is 5.51. The average Bonchev–Trinajstić information content (AvgIpc) is 2.76. The van der Waals surface area contributed by atoms with Crippen molar-refractivity contribution in [1.82, 2.24) is 10.2 Å². The first-order valence-electron chi connectivity index (χ1n) is 5.72. The third-order valence-corrected chi connectivity index (χ3v) is 3.11. The Morgan fingerprint density at radius 1 is 1.18 bits per heavy atom. The number of rotatable bonds is 2. The molecular formula is C14H17ClN2. The van der Waals surface area contributed by atoms with Crippen molar-refractivity contribution in [3.63, 3.8) is 0 Å². The van der Waals surface area contributed by atoms with Gasteiger partial charge in [-0.3, -0.25) is 5.10 Å². The fraction of sp³-hybridized carbons (Fsp3) is 0.357. The van der Waals surface area contributed by atoms with Gasteiger partial charge in [-0.05, 0) is 17.0 Å². The van der Waals surface area contributed by atoms with Crippen molar-refractivity contribution in [3.05, 3.63) is 41.6 Å². The van der Waals surface area contributed by atoms with Crippen LogP contribution in [0.3, 0.4) is 0 Å². The minimum Gasteiger partial charge on any atom is -0.281 e. The quantitative estimate of drug-likeness (QED) is 0.796. The van der Waals surface area contributed by atoms with Gasteiger partial charge >= 0.3 is 0 Å². The summed E-state index contributed by atoms with van der Waals surface area (Å²) in [5, 5.41) is 7.16. The van der Waals surface area contributed by atoms with E-state index in [1.165, 1.54) is 5.56 Å². The number of H-pyrrole nitrogens is 1. The lowest BCUT2D eigenvalue weighted by molar-refractivity contribution is 0.590. The summed E-state index contributed by atoms with van der Waals surface area (Å²) in [5.41, 5.74) is 4.52. The maximum absolute atomic E-state index is 5.74. The highest BCUT2D eigenvalue weighted by molar-refractivity contribution is 6.16. The molecule has 0 amide bonds. The van der Waals surface area contributed by atoms with Crippen LogP contribution in [0.5, 0.6) is 0 Å². The highest BCUT2D eigenvalue weighted by Crippen LogP contribution is 2.25. The van der Waals surface area contributed by atoms with Crippen molar-refractivity contribution in [3.8, 4) is 11.3 Å². The van der Waals surface area contributed by atoms with Gasteiger partial charge in [-0.15, -0.1) is 11.6 Å². The third-order valence-electron chi connectivity index (χ3n) is 2.82. The van der Waals surface area contributed by atoms with Gasteiger partial charge in [0.25, 0.3) is 0 Å². The Kier molecular flexibility index (Phi) is 3.25. The van der Waals surface area contributed by atoms with Crippen molar-refractivity contribution < 1.29 is 0 Å². The Bertz CT molecular complexity index is 492. The number of alkyl halides is 1. The number of nitrogens with one attached hydrogen (secondary N) is 1. The SMILES string of the molecule is CC(C)(C)c1ccc(-c2cc(CCl)[nH]n2)cc1. The zero-order chi connectivity index (χ0) is 12.5. The van der Waals surface area contributed by atoms with Gasteiger partial charge in [-0.25, -0.2) is 0 Å². The van der Waals surface area contributed by atoms with Gasteiger partial charge in [-0.2, -0.15) is 5.10 Å². The molecule has 1 aromatic carbocycles. The first kappa shape index (κ1) is 12.2. The van der Waals surface area contributed by atoms with E-state index < -0.39 is 0 Å². The summed E-state index contributed by atoms with van der Waals surface area (Å²) in [5.74, 6) is 0.465. The van der Waals surface area contributed by atoms with E-state index in [9.17, 15) is 0 Å². The van der Waals surface area contributed by atoms with E-state index in [1.807, 2.05) is 6.07 Å². The topological polar surface area (TPSA) is 28.7 Å². The second-order valence-electron chi connectivity index (χ2n) is 5.24. The number of aromatic nitrogens is 2. The van der Waals surface area contributed by atoms with E-state index in [2.05, 4.69) is 55.2 Å². The molecule has 0 radical (unpaired) electrons. The molecule has 0 saturated carbocycles. The monoisotopic (exact) mass is 248 g/mol. The molecule has 0 fully saturated rings. The predicted octanol–water partition coefficient (Wildman–Crippen LogP) is 4.11. The molecule has 0 unspecified atom stereocenters. The van der Waals surface area contributed by atoms with E-state index in [0.29, 0.717) is 5.88 Å². The molecule has 1 N–H and O–H groups in total. The van der Waals surface area contributed by atoms with Gasteiger partial charge in [0.1, 0.15) is 0 Å². The number of aromatic amines is 1. The Morgan fingerprint density at radius 2 is 1.82 bits per heavy atom. The van der Waals surface area contributed by atoms with E-state index in [-0.39, 0.29) is 5.41 Å². The van der Waals surface area contributed by atoms with Crippen molar-refractivity contribution in [2.75, 3.05) is 0 Å². The highest BCUT2D eigenvalue weighted by atomic mass is 35.5. The smallest absolute Gasteiger partial charge is 0.0923 e. The summed E-state index contributed by atoms with van der Waals surface area (Å²) in [7, 11) is 0. The molecule has 0 atom stereocenters.